The average molecular weight is 1590 g/mol. The first kappa shape index (κ1) is 95.5. The molecule has 0 aromatic heterocycles. The summed E-state index contributed by atoms with van der Waals surface area (Å²) in [6, 6.07) is -14.7. The Hall–Kier alpha value is -9.59. The number of aliphatic carboxylic acids is 3. The standard InChI is InChI=1S/C63H96N16O28S2/c1-28(2)49(61(107)74-41(26-84)57(103)68-33(11-13-44(64)89)54(100)71-38(23-81)30(4)86)77-56(102)37(19-32-9-7-6-8-10-32)75-63-52(98)50(31(5)87)78-60(106)42(27-85)76-62(108-109-63)51(97)36(21-48(95)96)70-58(104)40(25-83)73-59(105)39(24-82)72-53(99)29(3)67-45(90)22-65-16-15-43(88)35(20-47(93)94)69-55(101)34(12-14-46(91)92)79-66-17-18-80/h6-10,18,28-29,31,33-42,49-50,62-63,65-66,75-76,79,81-85,87H,11-17,19-27H2,1-5H3,(H2,64,89)(H,67,90)(H,68,103)(H,69,101)(H,70,104)(H,71,100)(H,72,99)(H,73,105)(H,74,107)(H,77,102)(H,78,106)(H,91,92)(H,93,94)(H,95,96)/t29?,31-,33+,34+,35+,36+,37+,38+,39+,40+,41+,42+,49+,50+,62?,63?/m1/s1. The molecule has 608 valence electrons. The molecule has 109 heavy (non-hydrogen) atoms. The topological polar surface area (TPSA) is 713 Å². The van der Waals surface area contributed by atoms with Gasteiger partial charge in [-0.3, -0.25) is 96.9 Å². The third-order valence-electron chi connectivity index (χ3n) is 15.8. The lowest BCUT2D eigenvalue weighted by molar-refractivity contribution is -0.141. The molecule has 3 unspecified atom stereocenters. The number of nitrogens with two attached hydrogens (primary N) is 1. The summed E-state index contributed by atoms with van der Waals surface area (Å²) in [6.07, 6.45) is -6.08. The number of aliphatic hydroxyl groups excluding tert-OH is 6. The number of hydrazine groups is 1. The summed E-state index contributed by atoms with van der Waals surface area (Å²) in [6.45, 7) is -0.622. The number of benzene rings is 1. The van der Waals surface area contributed by atoms with Crippen LogP contribution in [0.3, 0.4) is 0 Å². The van der Waals surface area contributed by atoms with E-state index < -0.39 is 285 Å². The van der Waals surface area contributed by atoms with E-state index in [-0.39, 0.29) is 25.9 Å². The molecule has 1 aromatic carbocycles. The van der Waals surface area contributed by atoms with E-state index >= 15 is 0 Å². The molecule has 0 spiro atoms. The smallest absolute Gasteiger partial charge is 0.305 e. The van der Waals surface area contributed by atoms with Crippen molar-refractivity contribution < 1.29 is 137 Å². The lowest BCUT2D eigenvalue weighted by atomic mass is 10.00. The van der Waals surface area contributed by atoms with Gasteiger partial charge in [-0.05, 0) is 51.5 Å². The molecular formula is C63H96N16O28S2. The fourth-order valence-corrected chi connectivity index (χ4v) is 12.5. The third kappa shape index (κ3) is 34.3. The Morgan fingerprint density at radius 1 is 0.569 bits per heavy atom. The van der Waals surface area contributed by atoms with Gasteiger partial charge in [0.15, 0.2) is 23.1 Å². The van der Waals surface area contributed by atoms with Crippen molar-refractivity contribution in [2.75, 3.05) is 52.7 Å². The van der Waals surface area contributed by atoms with Crippen LogP contribution in [0.1, 0.15) is 85.1 Å². The minimum atomic E-state index is -2.20. The number of hydrogen-bond acceptors (Lipinski definition) is 32. The molecule has 11 amide bonds. The number of aldehydes is 1. The summed E-state index contributed by atoms with van der Waals surface area (Å²) in [4.78, 5) is 248. The maximum Gasteiger partial charge on any atom is 0.305 e. The molecular weight excluding hydrogens is 1490 g/mol. The molecule has 0 saturated carbocycles. The number of carboxylic acid groups (broad SMARTS) is 3. The van der Waals surface area contributed by atoms with E-state index in [1.54, 1.807) is 30.3 Å². The monoisotopic (exact) mass is 1590 g/mol. The first-order chi connectivity index (χ1) is 51.4. The summed E-state index contributed by atoms with van der Waals surface area (Å²) in [5, 5.41) is 117. The molecule has 0 bridgehead atoms. The zero-order valence-corrected chi connectivity index (χ0v) is 61.4. The van der Waals surface area contributed by atoms with Gasteiger partial charge in [-0.1, -0.05) is 65.8 Å². The van der Waals surface area contributed by atoms with E-state index in [1.165, 1.54) is 13.8 Å². The predicted molar refractivity (Wildman–Crippen MR) is 378 cm³/mol. The SMILES string of the molecule is CC(=O)[C@H](CO)NC(=O)[C@H](CCC(N)=O)NC(=O)[C@H](CO)NC(=O)[C@@H](NC(=O)[C@H](Cc1ccccc1)NC1SSC(C(=O)[C@H](CC(=O)O)NC(=O)[C@H](CO)NC(=O)[C@H](CO)NC(=O)C(C)NC(=O)CNCCC(=O)[C@H](CC(=O)O)NC(=O)[C@H](CCC(=O)O)NNCC=O)N[C@@H](CO)C(=O)N[C@@H]([C@@H](C)O)C1=O)C(C)C. The van der Waals surface area contributed by atoms with Crippen molar-refractivity contribution in [3.05, 3.63) is 35.9 Å². The largest absolute Gasteiger partial charge is 0.481 e. The Labute approximate surface area is 630 Å². The van der Waals surface area contributed by atoms with Crippen molar-refractivity contribution >= 4 is 134 Å². The number of hydrogen-bond donors (Lipinski definition) is 25. The van der Waals surface area contributed by atoms with Crippen LogP contribution >= 0.6 is 21.6 Å². The van der Waals surface area contributed by atoms with E-state index in [1.807, 2.05) is 5.32 Å². The highest BCUT2D eigenvalue weighted by molar-refractivity contribution is 8.77. The molecule has 16 atom stereocenters. The molecule has 1 aromatic rings. The summed E-state index contributed by atoms with van der Waals surface area (Å²) in [5.41, 5.74) is 10.4. The second-order valence-corrected chi connectivity index (χ2v) is 27.3. The van der Waals surface area contributed by atoms with Crippen LogP contribution in [-0.2, 0) is 97.5 Å². The fourth-order valence-electron chi connectivity index (χ4n) is 9.75. The molecule has 46 heteroatoms. The predicted octanol–water partition coefficient (Wildman–Crippen LogP) is -11.9. The Balaban J connectivity index is 2.40. The Morgan fingerprint density at radius 2 is 1.06 bits per heavy atom. The minimum Gasteiger partial charge on any atom is -0.481 e. The van der Waals surface area contributed by atoms with E-state index in [0.29, 0.717) is 33.4 Å². The normalized spacial score (nSPS) is 18.5. The minimum absolute atomic E-state index is 0.299. The number of carbonyl (C=O) groups excluding carboxylic acids is 16. The molecule has 1 aliphatic heterocycles. The van der Waals surface area contributed by atoms with Gasteiger partial charge in [-0.2, -0.15) is 0 Å². The molecule has 1 aliphatic rings. The Morgan fingerprint density at radius 3 is 1.58 bits per heavy atom. The van der Waals surface area contributed by atoms with Crippen LogP contribution in [0.25, 0.3) is 0 Å². The first-order valence-electron chi connectivity index (χ1n) is 33.7. The number of ketones is 4. The van der Waals surface area contributed by atoms with Crippen LogP contribution in [0, 0.1) is 5.92 Å². The Kier molecular flexibility index (Phi) is 43.3. The van der Waals surface area contributed by atoms with Crippen molar-refractivity contribution in [3.63, 3.8) is 0 Å². The van der Waals surface area contributed by atoms with E-state index in [0.717, 1.165) is 20.8 Å². The number of carbonyl (C=O) groups is 19. The molecule has 0 aliphatic carbocycles. The summed E-state index contributed by atoms with van der Waals surface area (Å²) < 4.78 is 0. The van der Waals surface area contributed by atoms with Crippen LogP contribution < -0.4 is 85.7 Å². The summed E-state index contributed by atoms with van der Waals surface area (Å²) >= 11 is 0. The quantitative estimate of drug-likeness (QED) is 0.0125. The van der Waals surface area contributed by atoms with E-state index in [9.17, 15) is 132 Å². The molecule has 44 nitrogen and oxygen atoms in total. The number of nitrogens with one attached hydrogen (secondary N) is 15. The lowest BCUT2D eigenvalue weighted by Gasteiger charge is -2.33. The van der Waals surface area contributed by atoms with Gasteiger partial charge in [0.2, 0.25) is 65.0 Å². The van der Waals surface area contributed by atoms with Crippen molar-refractivity contribution in [3.8, 4) is 0 Å². The zero-order chi connectivity index (χ0) is 82.4. The van der Waals surface area contributed by atoms with Gasteiger partial charge in [-0.15, -0.1) is 0 Å². The van der Waals surface area contributed by atoms with Gasteiger partial charge in [0.1, 0.15) is 83.5 Å². The van der Waals surface area contributed by atoms with Crippen molar-refractivity contribution in [2.45, 2.75) is 181 Å². The summed E-state index contributed by atoms with van der Waals surface area (Å²) in [7, 11) is 0.808. The molecule has 26 N–H and O–H groups in total. The van der Waals surface area contributed by atoms with Crippen LogP contribution in [0.4, 0.5) is 0 Å². The number of primary amides is 1. The van der Waals surface area contributed by atoms with Crippen LogP contribution in [0.15, 0.2) is 30.3 Å². The van der Waals surface area contributed by atoms with Crippen molar-refractivity contribution in [1.82, 2.24) is 80.0 Å². The van der Waals surface area contributed by atoms with Gasteiger partial charge >= 0.3 is 17.9 Å². The lowest BCUT2D eigenvalue weighted by Crippen LogP contribution is -2.63. The second kappa shape index (κ2) is 49.5. The highest BCUT2D eigenvalue weighted by Crippen LogP contribution is 2.33. The molecule has 1 heterocycles. The summed E-state index contributed by atoms with van der Waals surface area (Å²) in [5.74, 6) is -21.8. The number of Topliss-reactive ketones (excluding diaryl/α,β-unsaturated/α-hetero) is 4. The number of amides is 11. The van der Waals surface area contributed by atoms with Gasteiger partial charge in [0.05, 0.1) is 77.2 Å². The van der Waals surface area contributed by atoms with Crippen LogP contribution in [-0.4, -0.2) is 306 Å². The zero-order valence-electron chi connectivity index (χ0n) is 59.8. The molecule has 1 fully saturated rings. The van der Waals surface area contributed by atoms with Crippen molar-refractivity contribution in [2.24, 2.45) is 11.7 Å². The number of rotatable bonds is 51. The third-order valence-corrected chi connectivity index (χ3v) is 18.5. The van der Waals surface area contributed by atoms with Crippen molar-refractivity contribution in [1.29, 1.82) is 0 Å². The number of aliphatic hydroxyl groups is 6. The van der Waals surface area contributed by atoms with Crippen LogP contribution in [0.2, 0.25) is 0 Å². The van der Waals surface area contributed by atoms with E-state index in [2.05, 4.69) is 74.7 Å². The Bertz CT molecular complexity index is 3360. The average Bonchev–Trinajstić information content (AvgIpc) is 0.818. The highest BCUT2D eigenvalue weighted by Gasteiger charge is 2.43. The van der Waals surface area contributed by atoms with Gasteiger partial charge < -0.3 is 115 Å². The van der Waals surface area contributed by atoms with Crippen LogP contribution in [0.5, 0.6) is 0 Å². The highest BCUT2D eigenvalue weighted by atomic mass is 33.1. The second-order valence-electron chi connectivity index (χ2n) is 24.9. The maximum absolute atomic E-state index is 14.7. The molecule has 2 rings (SSSR count). The van der Waals surface area contributed by atoms with Gasteiger partial charge in [0.25, 0.3) is 0 Å². The molecule has 0 radical (unpaired) electrons. The van der Waals surface area contributed by atoms with Gasteiger partial charge in [-0.25, -0.2) is 10.9 Å². The number of carboxylic acids is 3. The fraction of sp³-hybridized carbons (Fsp3) is 0.603. The van der Waals surface area contributed by atoms with Gasteiger partial charge in [0, 0.05) is 25.8 Å². The first-order valence-corrected chi connectivity index (χ1v) is 35.9. The maximum atomic E-state index is 14.7. The molecule has 1 saturated heterocycles. The van der Waals surface area contributed by atoms with E-state index in [4.69, 9.17) is 10.8 Å².